The van der Waals surface area contributed by atoms with E-state index in [0.717, 1.165) is 32.3 Å². The van der Waals surface area contributed by atoms with Gasteiger partial charge in [-0.05, 0) is 38.5 Å². The second-order valence-corrected chi connectivity index (χ2v) is 5.55. The summed E-state index contributed by atoms with van der Waals surface area (Å²) in [5.74, 6) is 0.983. The molecule has 98 valence electrons. The lowest BCUT2D eigenvalue weighted by atomic mass is 9.73. The van der Waals surface area contributed by atoms with Crippen LogP contribution in [0.4, 0.5) is 0 Å². The van der Waals surface area contributed by atoms with Crippen molar-refractivity contribution in [3.8, 4) is 0 Å². The first kappa shape index (κ1) is 13.0. The highest BCUT2D eigenvalue weighted by molar-refractivity contribution is 5.90. The number of ketones is 1. The molecule has 3 atom stereocenters. The molecular formula is C14H24O3. The number of ether oxygens (including phenoxy) is 2. The van der Waals surface area contributed by atoms with Crippen molar-refractivity contribution in [1.29, 1.82) is 0 Å². The van der Waals surface area contributed by atoms with Gasteiger partial charge < -0.3 is 9.47 Å². The van der Waals surface area contributed by atoms with Crippen molar-refractivity contribution >= 4 is 5.78 Å². The monoisotopic (exact) mass is 240 g/mol. The number of Topliss-reactive ketones (excluding diaryl/α,β-unsaturated/α-hetero) is 1. The summed E-state index contributed by atoms with van der Waals surface area (Å²) < 4.78 is 11.3. The molecule has 1 saturated heterocycles. The molecule has 3 heteroatoms. The zero-order valence-electron chi connectivity index (χ0n) is 11.0. The minimum Gasteiger partial charge on any atom is -0.381 e. The summed E-state index contributed by atoms with van der Waals surface area (Å²) in [4.78, 5) is 12.7. The van der Waals surface area contributed by atoms with Crippen molar-refractivity contribution in [2.24, 2.45) is 11.8 Å². The van der Waals surface area contributed by atoms with Crippen LogP contribution in [-0.4, -0.2) is 31.2 Å². The van der Waals surface area contributed by atoms with Crippen molar-refractivity contribution in [2.45, 2.75) is 51.6 Å². The van der Waals surface area contributed by atoms with Crippen molar-refractivity contribution in [2.75, 3.05) is 19.8 Å². The maximum absolute atomic E-state index is 12.7. The van der Waals surface area contributed by atoms with Gasteiger partial charge in [-0.15, -0.1) is 0 Å². The molecule has 1 saturated carbocycles. The van der Waals surface area contributed by atoms with E-state index in [4.69, 9.17) is 9.47 Å². The minimum absolute atomic E-state index is 0.0758. The Morgan fingerprint density at radius 1 is 1.47 bits per heavy atom. The van der Waals surface area contributed by atoms with Crippen LogP contribution in [0.3, 0.4) is 0 Å². The summed E-state index contributed by atoms with van der Waals surface area (Å²) in [6.45, 7) is 6.17. The van der Waals surface area contributed by atoms with E-state index in [1.165, 1.54) is 6.42 Å². The van der Waals surface area contributed by atoms with E-state index < -0.39 is 5.60 Å². The molecule has 17 heavy (non-hydrogen) atoms. The minimum atomic E-state index is -0.495. The Bertz CT molecular complexity index is 267. The van der Waals surface area contributed by atoms with Crippen LogP contribution in [0.1, 0.15) is 46.0 Å². The molecule has 0 aromatic heterocycles. The smallest absolute Gasteiger partial charge is 0.170 e. The second kappa shape index (κ2) is 5.49. The van der Waals surface area contributed by atoms with Gasteiger partial charge in [0.1, 0.15) is 5.60 Å². The Kier molecular flexibility index (Phi) is 4.21. The molecule has 1 heterocycles. The molecular weight excluding hydrogens is 216 g/mol. The first-order valence-electron chi connectivity index (χ1n) is 6.94. The van der Waals surface area contributed by atoms with Gasteiger partial charge in [-0.1, -0.05) is 13.3 Å². The van der Waals surface area contributed by atoms with E-state index >= 15 is 0 Å². The highest BCUT2D eigenvalue weighted by Gasteiger charge is 2.45. The van der Waals surface area contributed by atoms with Gasteiger partial charge in [0.05, 0.1) is 6.61 Å². The standard InChI is InChI=1S/C14H24O3/c1-3-17-14(7-4-5-11(2)9-14)13(15)12-6-8-16-10-12/h11-12H,3-10H2,1-2H3. The molecule has 0 bridgehead atoms. The van der Waals surface area contributed by atoms with Gasteiger partial charge in [0.2, 0.25) is 0 Å². The fourth-order valence-corrected chi connectivity index (χ4v) is 3.32. The molecule has 2 fully saturated rings. The van der Waals surface area contributed by atoms with Crippen LogP contribution in [0, 0.1) is 11.8 Å². The Hall–Kier alpha value is -0.410. The number of hydrogen-bond acceptors (Lipinski definition) is 3. The van der Waals surface area contributed by atoms with E-state index in [-0.39, 0.29) is 5.92 Å². The fourth-order valence-electron chi connectivity index (χ4n) is 3.32. The predicted molar refractivity (Wildman–Crippen MR) is 65.9 cm³/mol. The van der Waals surface area contributed by atoms with Crippen molar-refractivity contribution in [1.82, 2.24) is 0 Å². The molecule has 0 N–H and O–H groups in total. The lowest BCUT2D eigenvalue weighted by Gasteiger charge is -2.39. The molecule has 0 radical (unpaired) electrons. The van der Waals surface area contributed by atoms with Crippen LogP contribution in [0.5, 0.6) is 0 Å². The van der Waals surface area contributed by atoms with E-state index in [1.807, 2.05) is 6.92 Å². The molecule has 0 amide bonds. The summed E-state index contributed by atoms with van der Waals surface area (Å²) in [6.07, 6.45) is 5.02. The van der Waals surface area contributed by atoms with E-state index in [9.17, 15) is 4.79 Å². The number of carbonyl (C=O) groups excluding carboxylic acids is 1. The maximum Gasteiger partial charge on any atom is 0.170 e. The van der Waals surface area contributed by atoms with Gasteiger partial charge in [0.25, 0.3) is 0 Å². The average molecular weight is 240 g/mol. The van der Waals surface area contributed by atoms with Crippen LogP contribution >= 0.6 is 0 Å². The third-order valence-corrected chi connectivity index (χ3v) is 4.13. The first-order valence-corrected chi connectivity index (χ1v) is 6.94. The Balaban J connectivity index is 2.11. The molecule has 0 aromatic carbocycles. The van der Waals surface area contributed by atoms with Gasteiger partial charge in [0.15, 0.2) is 5.78 Å². The fraction of sp³-hybridized carbons (Fsp3) is 0.929. The lowest BCUT2D eigenvalue weighted by Crippen LogP contribution is -2.48. The molecule has 3 unspecified atom stereocenters. The molecule has 1 aliphatic carbocycles. The Labute approximate surface area is 104 Å². The summed E-state index contributed by atoms with van der Waals surface area (Å²) in [5.41, 5.74) is -0.495. The zero-order valence-corrected chi connectivity index (χ0v) is 11.0. The number of rotatable bonds is 4. The lowest BCUT2D eigenvalue weighted by molar-refractivity contribution is -0.155. The van der Waals surface area contributed by atoms with E-state index in [1.54, 1.807) is 0 Å². The van der Waals surface area contributed by atoms with Gasteiger partial charge in [-0.25, -0.2) is 0 Å². The van der Waals surface area contributed by atoms with Crippen molar-refractivity contribution < 1.29 is 14.3 Å². The van der Waals surface area contributed by atoms with Gasteiger partial charge in [-0.2, -0.15) is 0 Å². The van der Waals surface area contributed by atoms with E-state index in [0.29, 0.717) is 24.9 Å². The molecule has 3 nitrogen and oxygen atoms in total. The Morgan fingerprint density at radius 3 is 2.88 bits per heavy atom. The topological polar surface area (TPSA) is 35.5 Å². The van der Waals surface area contributed by atoms with Gasteiger partial charge in [-0.3, -0.25) is 4.79 Å². The van der Waals surface area contributed by atoms with Crippen molar-refractivity contribution in [3.05, 3.63) is 0 Å². The molecule has 2 rings (SSSR count). The first-order chi connectivity index (χ1) is 8.18. The third-order valence-electron chi connectivity index (χ3n) is 4.13. The predicted octanol–water partition coefficient (Wildman–Crippen LogP) is 2.58. The summed E-state index contributed by atoms with van der Waals surface area (Å²) in [6, 6.07) is 0. The summed E-state index contributed by atoms with van der Waals surface area (Å²) in [5, 5.41) is 0. The van der Waals surface area contributed by atoms with Crippen LogP contribution in [0.2, 0.25) is 0 Å². The highest BCUT2D eigenvalue weighted by atomic mass is 16.5. The van der Waals surface area contributed by atoms with Crippen molar-refractivity contribution in [3.63, 3.8) is 0 Å². The third kappa shape index (κ3) is 2.71. The zero-order chi connectivity index (χ0) is 12.3. The van der Waals surface area contributed by atoms with E-state index in [2.05, 4.69) is 6.92 Å². The van der Waals surface area contributed by atoms with Crippen LogP contribution < -0.4 is 0 Å². The summed E-state index contributed by atoms with van der Waals surface area (Å²) in [7, 11) is 0. The molecule has 2 aliphatic rings. The maximum atomic E-state index is 12.7. The Morgan fingerprint density at radius 2 is 2.29 bits per heavy atom. The van der Waals surface area contributed by atoms with Gasteiger partial charge in [0, 0.05) is 19.1 Å². The molecule has 1 aliphatic heterocycles. The molecule has 0 spiro atoms. The number of carbonyl (C=O) groups is 1. The highest BCUT2D eigenvalue weighted by Crippen LogP contribution is 2.38. The van der Waals surface area contributed by atoms with Gasteiger partial charge >= 0.3 is 0 Å². The molecule has 0 aromatic rings. The number of hydrogen-bond donors (Lipinski definition) is 0. The second-order valence-electron chi connectivity index (χ2n) is 5.55. The normalized spacial score (nSPS) is 38.2. The average Bonchev–Trinajstić information content (AvgIpc) is 2.81. The SMILES string of the molecule is CCOC1(C(=O)C2CCOC2)CCCC(C)C1. The van der Waals surface area contributed by atoms with Crippen LogP contribution in [-0.2, 0) is 14.3 Å². The van der Waals surface area contributed by atoms with Crippen LogP contribution in [0.25, 0.3) is 0 Å². The van der Waals surface area contributed by atoms with Crippen LogP contribution in [0.15, 0.2) is 0 Å². The summed E-state index contributed by atoms with van der Waals surface area (Å²) >= 11 is 0. The largest absolute Gasteiger partial charge is 0.381 e. The quantitative estimate of drug-likeness (QED) is 0.757.